The maximum Gasteiger partial charge on any atom is 0.223 e. The van der Waals surface area contributed by atoms with Gasteiger partial charge < -0.3 is 38.7 Å². The van der Waals surface area contributed by atoms with Crippen LogP contribution in [0.1, 0.15) is 23.5 Å². The van der Waals surface area contributed by atoms with E-state index in [1.165, 1.54) is 25.5 Å². The van der Waals surface area contributed by atoms with Crippen LogP contribution in [0, 0.1) is 0 Å². The summed E-state index contributed by atoms with van der Waals surface area (Å²) < 4.78 is 17.3. The van der Waals surface area contributed by atoms with Crippen LogP contribution in [0.4, 0.5) is 0 Å². The molecule has 1 fully saturated rings. The molecule has 1 aliphatic rings. The second-order valence-corrected chi connectivity index (χ2v) is 10.8. The van der Waals surface area contributed by atoms with Crippen molar-refractivity contribution in [2.75, 3.05) is 40.3 Å². The molecule has 0 aliphatic carbocycles. The van der Waals surface area contributed by atoms with Crippen molar-refractivity contribution in [1.82, 2.24) is 9.80 Å². The molecule has 0 spiro atoms. The Morgan fingerprint density at radius 2 is 1.68 bits per heavy atom. The predicted molar refractivity (Wildman–Crippen MR) is 162 cm³/mol. The monoisotopic (exact) mass is 598 g/mol. The number of phenolic OH excluding ortho intramolecular Hbond substituents is 3. The summed E-state index contributed by atoms with van der Waals surface area (Å²) in [5, 5.41) is 32.7. The van der Waals surface area contributed by atoms with Crippen LogP contribution in [0.2, 0.25) is 0 Å². The maximum atomic E-state index is 14.0. The highest BCUT2D eigenvalue weighted by molar-refractivity contribution is 5.94. The zero-order valence-corrected chi connectivity index (χ0v) is 24.1. The van der Waals surface area contributed by atoms with Gasteiger partial charge in [0.25, 0.3) is 0 Å². The maximum absolute atomic E-state index is 14.0. The van der Waals surface area contributed by atoms with Crippen molar-refractivity contribution in [3.63, 3.8) is 0 Å². The van der Waals surface area contributed by atoms with E-state index in [4.69, 9.17) is 13.6 Å². The molecule has 226 valence electrons. The molecule has 1 aliphatic heterocycles. The van der Waals surface area contributed by atoms with Gasteiger partial charge in [-0.1, -0.05) is 30.3 Å². The van der Waals surface area contributed by atoms with Gasteiger partial charge in [0, 0.05) is 61.3 Å². The highest BCUT2D eigenvalue weighted by Crippen LogP contribution is 2.49. The first-order chi connectivity index (χ1) is 21.2. The molecule has 6 rings (SSSR count). The quantitative estimate of drug-likeness (QED) is 0.245. The molecule has 3 aromatic carbocycles. The smallest absolute Gasteiger partial charge is 0.223 e. The van der Waals surface area contributed by atoms with Gasteiger partial charge in [0.05, 0.1) is 18.8 Å². The second kappa shape index (κ2) is 11.4. The van der Waals surface area contributed by atoms with Crippen LogP contribution < -0.4 is 15.6 Å². The van der Waals surface area contributed by atoms with Crippen molar-refractivity contribution in [1.29, 1.82) is 0 Å². The Balaban J connectivity index is 1.63. The summed E-state index contributed by atoms with van der Waals surface area (Å²) in [5.74, 6) is -3.74. The molecule has 1 amide bonds. The summed E-state index contributed by atoms with van der Waals surface area (Å²) in [4.78, 5) is 44.9. The third kappa shape index (κ3) is 5.01. The van der Waals surface area contributed by atoms with E-state index in [9.17, 15) is 29.7 Å². The topological polar surface area (TPSA) is 154 Å². The lowest BCUT2D eigenvalue weighted by Crippen LogP contribution is -2.47. The van der Waals surface area contributed by atoms with E-state index in [0.717, 1.165) is 0 Å². The van der Waals surface area contributed by atoms with Crippen LogP contribution in [-0.4, -0.2) is 71.4 Å². The number of carbonyl (C=O) groups excluding carboxylic acids is 1. The molecule has 5 aromatic rings. The minimum atomic E-state index is -1.25. The molecular formula is C33H30N2O9. The van der Waals surface area contributed by atoms with Crippen LogP contribution in [0.15, 0.2) is 79.3 Å². The lowest BCUT2D eigenvalue weighted by molar-refractivity contribution is -0.133. The molecule has 11 nitrogen and oxygen atoms in total. The average Bonchev–Trinajstić information content (AvgIpc) is 3.03. The van der Waals surface area contributed by atoms with E-state index in [1.54, 1.807) is 47.4 Å². The molecule has 0 saturated carbocycles. The molecule has 2 aromatic heterocycles. The van der Waals surface area contributed by atoms with E-state index in [-0.39, 0.29) is 45.8 Å². The minimum absolute atomic E-state index is 0.0253. The fraction of sp³-hybridized carbons (Fsp3) is 0.242. The molecule has 3 heterocycles. The van der Waals surface area contributed by atoms with Crippen LogP contribution in [-0.2, 0) is 4.79 Å². The lowest BCUT2D eigenvalue weighted by atomic mass is 9.85. The Kier molecular flexibility index (Phi) is 7.48. The number of nitrogens with zero attached hydrogens (tertiary/aromatic N) is 2. The van der Waals surface area contributed by atoms with Crippen molar-refractivity contribution < 1.29 is 33.7 Å². The molecule has 0 radical (unpaired) electrons. The van der Waals surface area contributed by atoms with Crippen molar-refractivity contribution in [2.45, 2.75) is 12.3 Å². The fourth-order valence-corrected chi connectivity index (χ4v) is 5.66. The van der Waals surface area contributed by atoms with Gasteiger partial charge >= 0.3 is 0 Å². The van der Waals surface area contributed by atoms with Crippen molar-refractivity contribution in [2.24, 2.45) is 0 Å². The van der Waals surface area contributed by atoms with Crippen LogP contribution >= 0.6 is 0 Å². The molecule has 1 saturated heterocycles. The Labute approximate surface area is 250 Å². The molecular weight excluding hydrogens is 568 g/mol. The second-order valence-electron chi connectivity index (χ2n) is 10.8. The number of likely N-dealkylation sites (N-methyl/N-ethyl adjacent to an activating group) is 1. The third-order valence-electron chi connectivity index (χ3n) is 8.16. The molecule has 0 bridgehead atoms. The number of carbonyl (C=O) groups is 1. The number of piperazine rings is 1. The number of ether oxygens (including phenoxy) is 1. The van der Waals surface area contributed by atoms with Gasteiger partial charge in [0.1, 0.15) is 28.1 Å². The Hall–Kier alpha value is -5.29. The van der Waals surface area contributed by atoms with Gasteiger partial charge in [-0.25, -0.2) is 0 Å². The van der Waals surface area contributed by atoms with Crippen molar-refractivity contribution in [3.8, 4) is 34.3 Å². The summed E-state index contributed by atoms with van der Waals surface area (Å²) in [6.45, 7) is 2.20. The van der Waals surface area contributed by atoms with E-state index < -0.39 is 39.4 Å². The minimum Gasteiger partial charge on any atom is -0.504 e. The molecule has 0 unspecified atom stereocenters. The largest absolute Gasteiger partial charge is 0.504 e. The van der Waals surface area contributed by atoms with Gasteiger partial charge in [-0.05, 0) is 25.2 Å². The predicted octanol–water partition coefficient (Wildman–Crippen LogP) is 3.99. The van der Waals surface area contributed by atoms with Crippen molar-refractivity contribution >= 4 is 27.8 Å². The van der Waals surface area contributed by atoms with Crippen LogP contribution in [0.5, 0.6) is 23.0 Å². The Morgan fingerprint density at radius 3 is 2.39 bits per heavy atom. The number of hydrogen-bond donors (Lipinski definition) is 3. The number of amides is 1. The van der Waals surface area contributed by atoms with Crippen LogP contribution in [0.25, 0.3) is 33.3 Å². The number of methoxy groups -OCH3 is 1. The number of aromatic hydroxyl groups is 3. The van der Waals surface area contributed by atoms with E-state index in [0.29, 0.717) is 37.5 Å². The van der Waals surface area contributed by atoms with E-state index in [2.05, 4.69) is 4.90 Å². The normalized spacial score (nSPS) is 14.6. The van der Waals surface area contributed by atoms with Gasteiger partial charge in [0.15, 0.2) is 22.4 Å². The van der Waals surface area contributed by atoms with Crippen molar-refractivity contribution in [3.05, 3.63) is 92.4 Å². The zero-order chi connectivity index (χ0) is 31.1. The summed E-state index contributed by atoms with van der Waals surface area (Å²) >= 11 is 0. The number of rotatable bonds is 6. The SMILES string of the molecule is COc1ccc2occ([C@H](CC(=O)N3CCN(C)CC3)c3c(O)c(O)c(O)c4c(=O)cc(-c5ccccc5)oc34)c(=O)c2c1. The third-order valence-corrected chi connectivity index (χ3v) is 8.16. The standard InChI is InChI=1S/C33H30N2O9/c1-34-10-12-35(13-11-34)26(37)15-20(22-17-43-24-9-8-19(42-2)14-21(24)29(22)38)27-30(39)32(41)31(40)28-23(36)16-25(44-33(27)28)18-6-4-3-5-7-18/h3-9,14,16-17,20,39-41H,10-13,15H2,1-2H3/t20-/m0/s1. The van der Waals surface area contributed by atoms with Gasteiger partial charge in [-0.3, -0.25) is 14.4 Å². The van der Waals surface area contributed by atoms with Gasteiger partial charge in [-0.2, -0.15) is 0 Å². The summed E-state index contributed by atoms with van der Waals surface area (Å²) in [6, 6.07) is 14.6. The number of benzene rings is 3. The molecule has 3 N–H and O–H groups in total. The number of hydrogen-bond acceptors (Lipinski definition) is 10. The number of phenols is 3. The van der Waals surface area contributed by atoms with Gasteiger partial charge in [0.2, 0.25) is 11.7 Å². The Morgan fingerprint density at radius 1 is 0.955 bits per heavy atom. The first-order valence-corrected chi connectivity index (χ1v) is 14.0. The van der Waals surface area contributed by atoms with Crippen LogP contribution in [0.3, 0.4) is 0 Å². The molecule has 1 atom stereocenters. The summed E-state index contributed by atoms with van der Waals surface area (Å²) in [7, 11) is 3.41. The average molecular weight is 599 g/mol. The highest BCUT2D eigenvalue weighted by atomic mass is 16.5. The lowest BCUT2D eigenvalue weighted by Gasteiger charge is -2.33. The highest BCUT2D eigenvalue weighted by Gasteiger charge is 2.34. The zero-order valence-electron chi connectivity index (χ0n) is 24.1. The summed E-state index contributed by atoms with van der Waals surface area (Å²) in [6.07, 6.45) is 0.865. The van der Waals surface area contributed by atoms with E-state index in [1.807, 2.05) is 7.05 Å². The summed E-state index contributed by atoms with van der Waals surface area (Å²) in [5.41, 5.74) is -0.909. The molecule has 11 heteroatoms. The number of fused-ring (bicyclic) bond motifs is 2. The first-order valence-electron chi connectivity index (χ1n) is 14.0. The first kappa shape index (κ1) is 28.8. The fourth-order valence-electron chi connectivity index (χ4n) is 5.66. The van der Waals surface area contributed by atoms with E-state index >= 15 is 0 Å². The Bertz CT molecular complexity index is 2010. The molecule has 44 heavy (non-hydrogen) atoms. The van der Waals surface area contributed by atoms with Gasteiger partial charge in [-0.15, -0.1) is 0 Å².